The van der Waals surface area contributed by atoms with Crippen molar-refractivity contribution in [3.05, 3.63) is 84.4 Å². The summed E-state index contributed by atoms with van der Waals surface area (Å²) in [6, 6.07) is 22.5. The second-order valence-corrected chi connectivity index (χ2v) is 9.00. The number of amides is 2. The van der Waals surface area contributed by atoms with Gasteiger partial charge in [0.1, 0.15) is 11.5 Å². The Labute approximate surface area is 220 Å². The molecule has 2 amide bonds. The van der Waals surface area contributed by atoms with E-state index in [0.717, 1.165) is 0 Å². The largest absolute Gasteiger partial charge is 0.459 e. The third-order valence-electron chi connectivity index (χ3n) is 5.68. The lowest BCUT2D eigenvalue weighted by Crippen LogP contribution is -2.28. The molecule has 1 heterocycles. The van der Waals surface area contributed by atoms with Gasteiger partial charge in [-0.15, -0.1) is 0 Å². The summed E-state index contributed by atoms with van der Waals surface area (Å²) in [5, 5.41) is 2.66. The Morgan fingerprint density at radius 2 is 1.58 bits per heavy atom. The molecule has 0 aliphatic carbocycles. The fraction of sp³-hybridized carbons (Fsp3) is 0.241. The molecule has 3 aromatic carbocycles. The van der Waals surface area contributed by atoms with Crippen LogP contribution >= 0.6 is 0 Å². The lowest BCUT2D eigenvalue weighted by atomic mass is 10.1. The van der Waals surface area contributed by atoms with E-state index in [1.54, 1.807) is 62.4 Å². The molecule has 0 aromatic heterocycles. The van der Waals surface area contributed by atoms with E-state index in [4.69, 9.17) is 14.2 Å². The van der Waals surface area contributed by atoms with Crippen LogP contribution in [0.1, 0.15) is 30.6 Å². The van der Waals surface area contributed by atoms with E-state index in [-0.39, 0.29) is 25.0 Å². The first kappa shape index (κ1) is 26.4. The number of para-hydroxylation sites is 1. The molecule has 9 heteroatoms. The molecule has 4 rings (SSSR count). The van der Waals surface area contributed by atoms with Crippen molar-refractivity contribution in [1.82, 2.24) is 0 Å². The zero-order valence-electron chi connectivity index (χ0n) is 21.1. The van der Waals surface area contributed by atoms with Gasteiger partial charge in [-0.25, -0.2) is 4.79 Å². The molecule has 0 bridgehead atoms. The molecule has 1 N–H and O–H groups in total. The molecular weight excluding hydrogens is 488 g/mol. The van der Waals surface area contributed by atoms with Gasteiger partial charge in [-0.3, -0.25) is 14.4 Å². The zero-order chi connectivity index (χ0) is 27.1. The summed E-state index contributed by atoms with van der Waals surface area (Å²) in [5.41, 5.74) is 1.45. The Kier molecular flexibility index (Phi) is 8.37. The average Bonchev–Trinajstić information content (AvgIpc) is 3.30. The maximum absolute atomic E-state index is 12.5. The summed E-state index contributed by atoms with van der Waals surface area (Å²) in [5.74, 6) is -1.21. The predicted molar refractivity (Wildman–Crippen MR) is 140 cm³/mol. The fourth-order valence-corrected chi connectivity index (χ4v) is 3.86. The number of hydrogen-bond donors (Lipinski definition) is 1. The minimum Gasteiger partial charge on any atom is -0.459 e. The van der Waals surface area contributed by atoms with Crippen molar-refractivity contribution in [3.8, 4) is 11.5 Å². The van der Waals surface area contributed by atoms with E-state index >= 15 is 0 Å². The molecule has 9 nitrogen and oxygen atoms in total. The second kappa shape index (κ2) is 12.1. The van der Waals surface area contributed by atoms with Gasteiger partial charge >= 0.3 is 11.9 Å². The average molecular weight is 517 g/mol. The van der Waals surface area contributed by atoms with E-state index in [1.165, 1.54) is 4.90 Å². The van der Waals surface area contributed by atoms with Crippen molar-refractivity contribution in [2.24, 2.45) is 5.92 Å². The quantitative estimate of drug-likeness (QED) is 0.415. The van der Waals surface area contributed by atoms with E-state index in [9.17, 15) is 19.2 Å². The first-order valence-corrected chi connectivity index (χ1v) is 12.2. The van der Waals surface area contributed by atoms with Crippen LogP contribution < -0.4 is 15.0 Å². The fourth-order valence-electron chi connectivity index (χ4n) is 3.86. The number of carbonyl (C=O) groups excluding carboxylic acids is 4. The van der Waals surface area contributed by atoms with Crippen molar-refractivity contribution in [2.45, 2.75) is 26.4 Å². The van der Waals surface area contributed by atoms with Crippen LogP contribution in [0.4, 0.5) is 11.4 Å². The van der Waals surface area contributed by atoms with Gasteiger partial charge in [0.15, 0.2) is 6.61 Å². The topological polar surface area (TPSA) is 111 Å². The van der Waals surface area contributed by atoms with E-state index < -0.39 is 30.4 Å². The summed E-state index contributed by atoms with van der Waals surface area (Å²) in [6.07, 6.45) is -0.267. The zero-order valence-corrected chi connectivity index (χ0v) is 21.1. The molecule has 1 saturated heterocycles. The Morgan fingerprint density at radius 3 is 2.24 bits per heavy atom. The minimum atomic E-state index is -0.699. The molecule has 0 spiro atoms. The van der Waals surface area contributed by atoms with Crippen molar-refractivity contribution < 1.29 is 33.4 Å². The van der Waals surface area contributed by atoms with Crippen LogP contribution in [0.15, 0.2) is 78.9 Å². The van der Waals surface area contributed by atoms with Crippen molar-refractivity contribution in [1.29, 1.82) is 0 Å². The number of ether oxygens (including phenoxy) is 3. The summed E-state index contributed by atoms with van der Waals surface area (Å²) in [4.78, 5) is 50.8. The van der Waals surface area contributed by atoms with Gasteiger partial charge in [0.25, 0.3) is 5.91 Å². The van der Waals surface area contributed by atoms with Gasteiger partial charge in [-0.2, -0.15) is 0 Å². The number of nitrogens with one attached hydrogen (secondary N) is 1. The molecule has 0 radical (unpaired) electrons. The van der Waals surface area contributed by atoms with E-state index in [0.29, 0.717) is 28.4 Å². The van der Waals surface area contributed by atoms with Crippen molar-refractivity contribution >= 4 is 35.1 Å². The van der Waals surface area contributed by atoms with Crippen LogP contribution in [0.25, 0.3) is 0 Å². The van der Waals surface area contributed by atoms with Crippen molar-refractivity contribution in [2.75, 3.05) is 23.4 Å². The highest BCUT2D eigenvalue weighted by molar-refractivity contribution is 6.00. The number of esters is 2. The number of anilines is 2. The lowest BCUT2D eigenvalue weighted by Gasteiger charge is -2.17. The van der Waals surface area contributed by atoms with Gasteiger partial charge in [0.05, 0.1) is 17.6 Å². The molecule has 1 aliphatic rings. The molecule has 0 unspecified atom stereocenters. The Morgan fingerprint density at radius 1 is 0.921 bits per heavy atom. The number of carbonyl (C=O) groups is 4. The molecule has 3 aromatic rings. The molecular formula is C29H28N2O7. The van der Waals surface area contributed by atoms with Crippen LogP contribution in [-0.4, -0.2) is 43.0 Å². The second-order valence-electron chi connectivity index (χ2n) is 9.00. The standard InChI is InChI=1S/C29H28N2O7/c1-19(2)37-29(35)20-8-12-23(13-9-20)31-17-21(16-27(31)33)28(34)36-18-26(32)30-22-10-14-25(15-11-22)38-24-6-4-3-5-7-24/h3-15,19,21H,16-18H2,1-2H3,(H,30,32)/t21-/m0/s1. The highest BCUT2D eigenvalue weighted by Crippen LogP contribution is 2.27. The SMILES string of the molecule is CC(C)OC(=O)c1ccc(N2C[C@@H](C(=O)OCC(=O)Nc3ccc(Oc4ccccc4)cc3)CC2=O)cc1. The molecule has 1 atom stereocenters. The van der Waals surface area contributed by atoms with Gasteiger partial charge in [0.2, 0.25) is 5.91 Å². The first-order valence-electron chi connectivity index (χ1n) is 12.2. The van der Waals surface area contributed by atoms with E-state index in [1.807, 2.05) is 30.3 Å². The lowest BCUT2D eigenvalue weighted by molar-refractivity contribution is -0.151. The summed E-state index contributed by atoms with van der Waals surface area (Å²) in [7, 11) is 0. The molecule has 196 valence electrons. The van der Waals surface area contributed by atoms with Crippen LogP contribution in [0, 0.1) is 5.92 Å². The minimum absolute atomic E-state index is 0.0273. The summed E-state index contributed by atoms with van der Waals surface area (Å²) >= 11 is 0. The van der Waals surface area contributed by atoms with Crippen LogP contribution in [0.5, 0.6) is 11.5 Å². The maximum Gasteiger partial charge on any atom is 0.338 e. The number of hydrogen-bond acceptors (Lipinski definition) is 7. The third-order valence-corrected chi connectivity index (χ3v) is 5.68. The molecule has 1 fully saturated rings. The Balaban J connectivity index is 1.24. The monoisotopic (exact) mass is 516 g/mol. The Bertz CT molecular complexity index is 1290. The highest BCUT2D eigenvalue weighted by Gasteiger charge is 2.36. The van der Waals surface area contributed by atoms with E-state index in [2.05, 4.69) is 5.32 Å². The van der Waals surface area contributed by atoms with Gasteiger partial charge in [0, 0.05) is 24.3 Å². The van der Waals surface area contributed by atoms with Gasteiger partial charge in [-0.05, 0) is 74.5 Å². The number of rotatable bonds is 9. The highest BCUT2D eigenvalue weighted by atomic mass is 16.5. The normalized spacial score (nSPS) is 14.8. The summed E-state index contributed by atoms with van der Waals surface area (Å²) < 4.78 is 16.0. The number of benzene rings is 3. The number of nitrogens with zero attached hydrogens (tertiary/aromatic N) is 1. The first-order chi connectivity index (χ1) is 18.3. The third kappa shape index (κ3) is 6.97. The molecule has 1 aliphatic heterocycles. The smallest absolute Gasteiger partial charge is 0.338 e. The molecule has 0 saturated carbocycles. The van der Waals surface area contributed by atoms with Crippen molar-refractivity contribution in [3.63, 3.8) is 0 Å². The van der Waals surface area contributed by atoms with Gasteiger partial charge < -0.3 is 24.4 Å². The maximum atomic E-state index is 12.5. The van der Waals surface area contributed by atoms with Crippen LogP contribution in [0.3, 0.4) is 0 Å². The summed E-state index contributed by atoms with van der Waals surface area (Å²) in [6.45, 7) is 3.17. The molecule has 38 heavy (non-hydrogen) atoms. The van der Waals surface area contributed by atoms with Gasteiger partial charge in [-0.1, -0.05) is 18.2 Å². The predicted octanol–water partition coefficient (Wildman–Crippen LogP) is 4.58. The Hall–Kier alpha value is -4.66. The van der Waals surface area contributed by atoms with Crippen LogP contribution in [0.2, 0.25) is 0 Å². The van der Waals surface area contributed by atoms with Crippen LogP contribution in [-0.2, 0) is 23.9 Å².